The van der Waals surface area contributed by atoms with Gasteiger partial charge in [0.2, 0.25) is 6.41 Å². The minimum absolute atomic E-state index is 0.0821. The summed E-state index contributed by atoms with van der Waals surface area (Å²) in [5, 5.41) is 5.95. The number of aldehydes is 1. The number of carbonyl (C=O) groups is 2. The molecule has 0 bridgehead atoms. The van der Waals surface area contributed by atoms with Crippen molar-refractivity contribution in [3.8, 4) is 11.1 Å². The molecule has 0 atom stereocenters. The van der Waals surface area contributed by atoms with Crippen LogP contribution in [0.15, 0.2) is 36.7 Å². The first-order valence-electron chi connectivity index (χ1n) is 14.6. The Kier molecular flexibility index (Phi) is 23.4. The largest absolute Gasteiger partial charge is 0.397 e. The topological polar surface area (TPSA) is 136 Å². The lowest BCUT2D eigenvalue weighted by atomic mass is 9.99. The van der Waals surface area contributed by atoms with Crippen LogP contribution in [0.4, 0.5) is 11.4 Å². The number of rotatable bonds is 8. The standard InChI is InChI=1S/C14H15N3O.C8H15NO2.C6H15N.C3H8.CH5N/c1-2-10-7-12(11-3-5-16-6-4-11)14(15)13(8-10)17-9-18;1-8(2)7-9(3-5-10)4-6-11-8;1-5(2)7-6(3)4;1-3-2;1-2/h3-9H,2,15H2,1H3,(H,17,18);5H,3-4,6-7H2,1-2H3;5-7H,1-4H3;3H2,1-2H3;2H2,1H3. The van der Waals surface area contributed by atoms with E-state index in [-0.39, 0.29) is 5.60 Å². The highest BCUT2D eigenvalue weighted by molar-refractivity contribution is 5.90. The van der Waals surface area contributed by atoms with Crippen LogP contribution in [0.5, 0.6) is 0 Å². The fourth-order valence-electron chi connectivity index (χ4n) is 3.91. The van der Waals surface area contributed by atoms with Crippen LogP contribution in [0.3, 0.4) is 0 Å². The van der Waals surface area contributed by atoms with E-state index in [1.54, 1.807) is 12.4 Å². The number of hydrogen-bond donors (Lipinski definition) is 4. The van der Waals surface area contributed by atoms with Crippen molar-refractivity contribution in [2.45, 2.75) is 92.8 Å². The van der Waals surface area contributed by atoms with Crippen LogP contribution in [-0.2, 0) is 20.7 Å². The monoisotopic (exact) mass is 574 g/mol. The van der Waals surface area contributed by atoms with Crippen LogP contribution in [-0.4, -0.2) is 73.6 Å². The Balaban J connectivity index is 0. The lowest BCUT2D eigenvalue weighted by Crippen LogP contribution is -2.48. The molecular formula is C32H58N6O3. The van der Waals surface area contributed by atoms with Gasteiger partial charge in [-0.25, -0.2) is 0 Å². The lowest BCUT2D eigenvalue weighted by Gasteiger charge is -2.37. The first-order valence-corrected chi connectivity index (χ1v) is 14.6. The molecule has 0 radical (unpaired) electrons. The Labute approximate surface area is 249 Å². The van der Waals surface area contributed by atoms with E-state index >= 15 is 0 Å². The SMILES string of the molecule is CC(C)NC(C)C.CC1(C)CN(CC=O)CCO1.CCC.CCc1cc(NC=O)c(N)c(-c2ccncc2)c1.CN. The Hall–Kier alpha value is -2.85. The molecule has 0 aliphatic carbocycles. The Bertz CT molecular complexity index is 931. The number of ether oxygens (including phenoxy) is 1. The number of nitrogens with one attached hydrogen (secondary N) is 2. The molecule has 2 heterocycles. The Morgan fingerprint density at radius 2 is 1.61 bits per heavy atom. The van der Waals surface area contributed by atoms with Gasteiger partial charge in [-0.05, 0) is 62.7 Å². The van der Waals surface area contributed by atoms with Gasteiger partial charge in [0.1, 0.15) is 6.29 Å². The fourth-order valence-corrected chi connectivity index (χ4v) is 3.91. The van der Waals surface area contributed by atoms with E-state index < -0.39 is 0 Å². The summed E-state index contributed by atoms with van der Waals surface area (Å²) in [5.74, 6) is 0. The van der Waals surface area contributed by atoms with Crippen molar-refractivity contribution in [1.82, 2.24) is 15.2 Å². The van der Waals surface area contributed by atoms with Gasteiger partial charge in [0.25, 0.3) is 0 Å². The van der Waals surface area contributed by atoms with Crippen LogP contribution >= 0.6 is 0 Å². The zero-order valence-corrected chi connectivity index (χ0v) is 27.3. The van der Waals surface area contributed by atoms with Gasteiger partial charge < -0.3 is 31.6 Å². The third-order valence-corrected chi connectivity index (χ3v) is 5.36. The second-order valence-electron chi connectivity index (χ2n) is 10.6. The molecule has 9 heteroatoms. The summed E-state index contributed by atoms with van der Waals surface area (Å²) in [7, 11) is 1.50. The summed E-state index contributed by atoms with van der Waals surface area (Å²) in [6.45, 7) is 22.0. The second-order valence-corrected chi connectivity index (χ2v) is 10.6. The molecule has 2 aromatic rings. The molecule has 1 fully saturated rings. The molecule has 0 saturated carbocycles. The molecule has 0 unspecified atom stereocenters. The van der Waals surface area contributed by atoms with E-state index in [0.717, 1.165) is 49.1 Å². The van der Waals surface area contributed by atoms with Crippen LogP contribution < -0.4 is 22.1 Å². The van der Waals surface area contributed by atoms with Crippen molar-refractivity contribution < 1.29 is 14.3 Å². The van der Waals surface area contributed by atoms with E-state index in [9.17, 15) is 9.59 Å². The lowest BCUT2D eigenvalue weighted by molar-refractivity contribution is -0.115. The minimum Gasteiger partial charge on any atom is -0.397 e. The molecule has 1 aliphatic rings. The van der Waals surface area contributed by atoms with Gasteiger partial charge in [-0.15, -0.1) is 0 Å². The number of anilines is 2. The molecular weight excluding hydrogens is 516 g/mol. The summed E-state index contributed by atoms with van der Waals surface area (Å²) in [6, 6.07) is 8.99. The molecule has 6 N–H and O–H groups in total. The number of amides is 1. The number of aryl methyl sites for hydroxylation is 1. The molecule has 234 valence electrons. The van der Waals surface area contributed by atoms with Gasteiger partial charge >= 0.3 is 0 Å². The predicted molar refractivity (Wildman–Crippen MR) is 175 cm³/mol. The summed E-state index contributed by atoms with van der Waals surface area (Å²) < 4.78 is 5.48. The van der Waals surface area contributed by atoms with Gasteiger partial charge in [-0.2, -0.15) is 0 Å². The van der Waals surface area contributed by atoms with Crippen molar-refractivity contribution in [3.63, 3.8) is 0 Å². The average molecular weight is 575 g/mol. The number of benzene rings is 1. The van der Waals surface area contributed by atoms with E-state index in [2.05, 4.69) is 74.7 Å². The second kappa shape index (κ2) is 23.8. The summed E-state index contributed by atoms with van der Waals surface area (Å²) >= 11 is 0. The number of nitrogen functional groups attached to an aromatic ring is 1. The normalized spacial score (nSPS) is 13.6. The molecule has 1 amide bonds. The van der Waals surface area contributed by atoms with Gasteiger partial charge in [0.05, 0.1) is 30.1 Å². The maximum absolute atomic E-state index is 10.6. The summed E-state index contributed by atoms with van der Waals surface area (Å²) in [5.41, 5.74) is 14.8. The number of nitrogens with two attached hydrogens (primary N) is 2. The number of pyridine rings is 1. The maximum Gasteiger partial charge on any atom is 0.211 e. The highest BCUT2D eigenvalue weighted by Gasteiger charge is 2.26. The first-order chi connectivity index (χ1) is 19.4. The molecule has 1 aliphatic heterocycles. The van der Waals surface area contributed by atoms with Crippen molar-refractivity contribution in [2.75, 3.05) is 44.3 Å². The molecule has 1 saturated heterocycles. The molecule has 3 rings (SSSR count). The van der Waals surface area contributed by atoms with E-state index in [4.69, 9.17) is 10.5 Å². The number of hydrogen-bond acceptors (Lipinski definition) is 8. The zero-order chi connectivity index (χ0) is 31.8. The van der Waals surface area contributed by atoms with E-state index in [1.165, 1.54) is 13.5 Å². The van der Waals surface area contributed by atoms with Crippen LogP contribution in [0.25, 0.3) is 11.1 Å². The van der Waals surface area contributed by atoms with Gasteiger partial charge in [0, 0.05) is 43.1 Å². The molecule has 1 aromatic carbocycles. The summed E-state index contributed by atoms with van der Waals surface area (Å²) in [4.78, 5) is 26.9. The number of morpholine rings is 1. The smallest absolute Gasteiger partial charge is 0.211 e. The predicted octanol–water partition coefficient (Wildman–Crippen LogP) is 5.14. The Morgan fingerprint density at radius 1 is 1.05 bits per heavy atom. The van der Waals surface area contributed by atoms with Crippen molar-refractivity contribution in [1.29, 1.82) is 0 Å². The van der Waals surface area contributed by atoms with Crippen molar-refractivity contribution in [2.24, 2.45) is 5.73 Å². The maximum atomic E-state index is 10.6. The highest BCUT2D eigenvalue weighted by Crippen LogP contribution is 2.33. The third-order valence-electron chi connectivity index (χ3n) is 5.36. The van der Waals surface area contributed by atoms with Crippen molar-refractivity contribution in [3.05, 3.63) is 42.2 Å². The first kappa shape index (κ1) is 40.3. The number of carbonyl (C=O) groups excluding carboxylic acids is 2. The van der Waals surface area contributed by atoms with Gasteiger partial charge in [0.15, 0.2) is 0 Å². The third kappa shape index (κ3) is 19.0. The number of aromatic nitrogens is 1. The molecule has 9 nitrogen and oxygen atoms in total. The van der Waals surface area contributed by atoms with Crippen molar-refractivity contribution >= 4 is 24.1 Å². The number of nitrogens with zero attached hydrogens (tertiary/aromatic N) is 2. The zero-order valence-electron chi connectivity index (χ0n) is 27.3. The minimum atomic E-state index is -0.0821. The highest BCUT2D eigenvalue weighted by atomic mass is 16.5. The fraction of sp³-hybridized carbons (Fsp3) is 0.594. The quantitative estimate of drug-likeness (QED) is 0.251. The molecule has 1 aromatic heterocycles. The van der Waals surface area contributed by atoms with Crippen LogP contribution in [0, 0.1) is 0 Å². The Morgan fingerprint density at radius 3 is 2.02 bits per heavy atom. The van der Waals surface area contributed by atoms with Crippen LogP contribution in [0.2, 0.25) is 0 Å². The molecule has 0 spiro atoms. The average Bonchev–Trinajstić information content (AvgIpc) is 2.92. The molecule has 41 heavy (non-hydrogen) atoms. The van der Waals surface area contributed by atoms with Gasteiger partial charge in [-0.3, -0.25) is 14.7 Å². The summed E-state index contributed by atoms with van der Waals surface area (Å²) in [6.07, 6.45) is 7.16. The van der Waals surface area contributed by atoms with E-state index in [0.29, 0.717) is 36.4 Å². The van der Waals surface area contributed by atoms with Crippen LogP contribution in [0.1, 0.15) is 74.3 Å². The van der Waals surface area contributed by atoms with E-state index in [1.807, 2.05) is 38.1 Å². The van der Waals surface area contributed by atoms with Gasteiger partial charge in [-0.1, -0.05) is 54.9 Å².